The standard InChI is InChI=1S/C19H13ClFN3O/c20-15-3-1-2-13(10-15)12-23-8-9-24-18(19(23)25)11-17(22-24)14-4-6-16(21)7-5-14/h1-11H,12H2. The Morgan fingerprint density at radius 1 is 1.04 bits per heavy atom. The molecule has 0 bridgehead atoms. The second-order valence-corrected chi connectivity index (χ2v) is 6.16. The number of hydrogen-bond donors (Lipinski definition) is 0. The minimum Gasteiger partial charge on any atom is -0.308 e. The van der Waals surface area contributed by atoms with E-state index in [1.807, 2.05) is 18.2 Å². The van der Waals surface area contributed by atoms with E-state index in [4.69, 9.17) is 11.6 Å². The van der Waals surface area contributed by atoms with Gasteiger partial charge < -0.3 is 4.57 Å². The van der Waals surface area contributed by atoms with Crippen molar-refractivity contribution in [3.05, 3.63) is 93.7 Å². The fourth-order valence-electron chi connectivity index (χ4n) is 2.74. The number of aromatic nitrogens is 3. The van der Waals surface area contributed by atoms with E-state index in [1.54, 1.807) is 41.2 Å². The zero-order valence-corrected chi connectivity index (χ0v) is 13.8. The first-order valence-corrected chi connectivity index (χ1v) is 8.07. The first kappa shape index (κ1) is 15.6. The molecule has 0 atom stereocenters. The minimum absolute atomic E-state index is 0.150. The van der Waals surface area contributed by atoms with Crippen LogP contribution in [0.25, 0.3) is 16.8 Å². The van der Waals surface area contributed by atoms with Gasteiger partial charge in [-0.1, -0.05) is 23.7 Å². The van der Waals surface area contributed by atoms with Gasteiger partial charge in [0, 0.05) is 23.0 Å². The molecule has 0 saturated heterocycles. The average molecular weight is 354 g/mol. The molecular formula is C19H13ClFN3O. The second kappa shape index (κ2) is 6.18. The maximum Gasteiger partial charge on any atom is 0.276 e. The molecule has 25 heavy (non-hydrogen) atoms. The van der Waals surface area contributed by atoms with Crippen molar-refractivity contribution in [3.63, 3.8) is 0 Å². The van der Waals surface area contributed by atoms with Crippen LogP contribution in [0.15, 0.2) is 71.8 Å². The highest BCUT2D eigenvalue weighted by molar-refractivity contribution is 6.30. The molecule has 2 heterocycles. The summed E-state index contributed by atoms with van der Waals surface area (Å²) < 4.78 is 16.2. The monoisotopic (exact) mass is 353 g/mol. The summed E-state index contributed by atoms with van der Waals surface area (Å²) in [6.07, 6.45) is 3.42. The molecule has 0 aliphatic rings. The van der Waals surface area contributed by atoms with Crippen molar-refractivity contribution in [3.8, 4) is 11.3 Å². The molecule has 0 radical (unpaired) electrons. The zero-order valence-electron chi connectivity index (χ0n) is 13.1. The van der Waals surface area contributed by atoms with E-state index in [9.17, 15) is 9.18 Å². The molecule has 0 N–H and O–H groups in total. The Kier molecular flexibility index (Phi) is 3.86. The van der Waals surface area contributed by atoms with E-state index in [2.05, 4.69) is 5.10 Å². The minimum atomic E-state index is -0.309. The number of rotatable bonds is 3. The maximum atomic E-state index is 13.1. The second-order valence-electron chi connectivity index (χ2n) is 5.73. The van der Waals surface area contributed by atoms with Crippen LogP contribution in [0.4, 0.5) is 4.39 Å². The highest BCUT2D eigenvalue weighted by Crippen LogP contribution is 2.19. The van der Waals surface area contributed by atoms with Crippen molar-refractivity contribution < 1.29 is 4.39 Å². The smallest absolute Gasteiger partial charge is 0.276 e. The number of halogens is 2. The van der Waals surface area contributed by atoms with E-state index in [1.165, 1.54) is 16.6 Å². The first-order valence-electron chi connectivity index (χ1n) is 7.69. The van der Waals surface area contributed by atoms with Gasteiger partial charge in [0.05, 0.1) is 12.2 Å². The van der Waals surface area contributed by atoms with Crippen LogP contribution in [0.2, 0.25) is 5.02 Å². The first-order chi connectivity index (χ1) is 12.1. The fourth-order valence-corrected chi connectivity index (χ4v) is 2.96. The van der Waals surface area contributed by atoms with Crippen LogP contribution in [0, 0.1) is 5.82 Å². The highest BCUT2D eigenvalue weighted by atomic mass is 35.5. The van der Waals surface area contributed by atoms with E-state index < -0.39 is 0 Å². The van der Waals surface area contributed by atoms with Crippen LogP contribution >= 0.6 is 11.6 Å². The van der Waals surface area contributed by atoms with E-state index in [0.29, 0.717) is 22.8 Å². The quantitative estimate of drug-likeness (QED) is 0.558. The van der Waals surface area contributed by atoms with Gasteiger partial charge in [0.15, 0.2) is 0 Å². The number of nitrogens with zero attached hydrogens (tertiary/aromatic N) is 3. The molecule has 0 spiro atoms. The van der Waals surface area contributed by atoms with E-state index >= 15 is 0 Å². The van der Waals surface area contributed by atoms with Crippen LogP contribution in [-0.2, 0) is 6.54 Å². The summed E-state index contributed by atoms with van der Waals surface area (Å²) in [7, 11) is 0. The van der Waals surface area contributed by atoms with Crippen molar-refractivity contribution >= 4 is 17.1 Å². The van der Waals surface area contributed by atoms with Crippen molar-refractivity contribution in [2.24, 2.45) is 0 Å². The molecule has 0 unspecified atom stereocenters. The molecule has 0 fully saturated rings. The van der Waals surface area contributed by atoms with Crippen molar-refractivity contribution in [2.75, 3.05) is 0 Å². The summed E-state index contributed by atoms with van der Waals surface area (Å²) in [4.78, 5) is 12.7. The van der Waals surface area contributed by atoms with Gasteiger partial charge in [0.1, 0.15) is 11.3 Å². The predicted molar refractivity (Wildman–Crippen MR) is 95.4 cm³/mol. The Labute approximate surface area is 147 Å². The van der Waals surface area contributed by atoms with Crippen LogP contribution in [0.5, 0.6) is 0 Å². The van der Waals surface area contributed by atoms with Gasteiger partial charge in [-0.2, -0.15) is 5.10 Å². The summed E-state index contributed by atoms with van der Waals surface area (Å²) in [5.41, 5.74) is 2.63. The lowest BCUT2D eigenvalue weighted by Crippen LogP contribution is -2.21. The van der Waals surface area contributed by atoms with Gasteiger partial charge in [-0.15, -0.1) is 0 Å². The molecule has 0 saturated carbocycles. The molecule has 0 amide bonds. The highest BCUT2D eigenvalue weighted by Gasteiger charge is 2.09. The molecule has 2 aromatic carbocycles. The van der Waals surface area contributed by atoms with Gasteiger partial charge in [-0.3, -0.25) is 4.79 Å². The van der Waals surface area contributed by atoms with Crippen LogP contribution in [-0.4, -0.2) is 14.2 Å². The Morgan fingerprint density at radius 3 is 2.60 bits per heavy atom. The molecule has 124 valence electrons. The molecule has 0 aliphatic heterocycles. The Hall–Kier alpha value is -2.92. The Balaban J connectivity index is 1.75. The van der Waals surface area contributed by atoms with E-state index in [-0.39, 0.29) is 11.4 Å². The topological polar surface area (TPSA) is 39.3 Å². The van der Waals surface area contributed by atoms with Gasteiger partial charge in [0.25, 0.3) is 5.56 Å². The normalized spacial score (nSPS) is 11.1. The third-order valence-corrected chi connectivity index (χ3v) is 4.22. The largest absolute Gasteiger partial charge is 0.308 e. The van der Waals surface area contributed by atoms with Gasteiger partial charge in [-0.25, -0.2) is 8.91 Å². The zero-order chi connectivity index (χ0) is 17.4. The van der Waals surface area contributed by atoms with Crippen molar-refractivity contribution in [1.29, 1.82) is 0 Å². The summed E-state index contributed by atoms with van der Waals surface area (Å²) in [6, 6.07) is 15.1. The lowest BCUT2D eigenvalue weighted by Gasteiger charge is -2.06. The maximum absolute atomic E-state index is 13.1. The predicted octanol–water partition coefficient (Wildman–Crippen LogP) is 4.00. The van der Waals surface area contributed by atoms with Crippen molar-refractivity contribution in [1.82, 2.24) is 14.2 Å². The van der Waals surface area contributed by atoms with Gasteiger partial charge in [-0.05, 0) is 48.0 Å². The molecule has 6 heteroatoms. The number of hydrogen-bond acceptors (Lipinski definition) is 2. The van der Waals surface area contributed by atoms with Crippen LogP contribution in [0.1, 0.15) is 5.56 Å². The third-order valence-electron chi connectivity index (χ3n) is 3.99. The summed E-state index contributed by atoms with van der Waals surface area (Å²) in [6.45, 7) is 0.424. The molecular weight excluding hydrogens is 341 g/mol. The molecule has 4 rings (SSSR count). The van der Waals surface area contributed by atoms with Crippen molar-refractivity contribution in [2.45, 2.75) is 6.54 Å². The number of fused-ring (bicyclic) bond motifs is 1. The Bertz CT molecular complexity index is 1120. The fraction of sp³-hybridized carbons (Fsp3) is 0.0526. The lowest BCUT2D eigenvalue weighted by molar-refractivity contribution is 0.628. The molecule has 4 nitrogen and oxygen atoms in total. The summed E-state index contributed by atoms with van der Waals surface area (Å²) in [5.74, 6) is -0.309. The SMILES string of the molecule is O=c1c2cc(-c3ccc(F)cc3)nn2ccn1Cc1cccc(Cl)c1. The molecule has 2 aromatic heterocycles. The molecule has 0 aliphatic carbocycles. The molecule has 4 aromatic rings. The average Bonchev–Trinajstić information content (AvgIpc) is 3.03. The van der Waals surface area contributed by atoms with Crippen LogP contribution in [0.3, 0.4) is 0 Å². The van der Waals surface area contributed by atoms with E-state index in [0.717, 1.165) is 11.1 Å². The van der Waals surface area contributed by atoms with Gasteiger partial charge in [0.2, 0.25) is 0 Å². The third kappa shape index (κ3) is 3.06. The Morgan fingerprint density at radius 2 is 1.84 bits per heavy atom. The summed E-state index contributed by atoms with van der Waals surface area (Å²) in [5, 5.41) is 5.03. The number of benzene rings is 2. The summed E-state index contributed by atoms with van der Waals surface area (Å²) >= 11 is 6.00. The van der Waals surface area contributed by atoms with Crippen LogP contribution < -0.4 is 5.56 Å². The lowest BCUT2D eigenvalue weighted by atomic mass is 10.1. The van der Waals surface area contributed by atoms with Gasteiger partial charge >= 0.3 is 0 Å².